The van der Waals surface area contributed by atoms with Crippen LogP contribution in [0.25, 0.3) is 0 Å². The second-order valence-electron chi connectivity index (χ2n) is 2.56. The van der Waals surface area contributed by atoms with Crippen LogP contribution in [0.5, 0.6) is 5.75 Å². The fourth-order valence-electron chi connectivity index (χ4n) is 1.03. The van der Waals surface area contributed by atoms with E-state index in [1.807, 2.05) is 0 Å². The largest absolute Gasteiger partial charge is 0.496 e. The van der Waals surface area contributed by atoms with Crippen molar-refractivity contribution in [1.82, 2.24) is 0 Å². The summed E-state index contributed by atoms with van der Waals surface area (Å²) in [5.41, 5.74) is -0.738. The number of halogens is 3. The van der Waals surface area contributed by atoms with Gasteiger partial charge in [0.1, 0.15) is 5.75 Å². The standard InChI is InChI=1S/C9H9F3OS/c1-13-8-5-6(14-2)3-4-7(8)9(10,11)12/h3-5H,1-2H3. The molecule has 0 saturated heterocycles. The lowest BCUT2D eigenvalue weighted by atomic mass is 10.2. The molecule has 0 N–H and O–H groups in total. The molecule has 0 unspecified atom stereocenters. The van der Waals surface area contributed by atoms with Crippen LogP contribution in [0.2, 0.25) is 0 Å². The third kappa shape index (κ3) is 2.35. The van der Waals surface area contributed by atoms with Crippen molar-refractivity contribution in [2.75, 3.05) is 13.4 Å². The fourth-order valence-corrected chi connectivity index (χ4v) is 1.46. The van der Waals surface area contributed by atoms with Crippen LogP contribution in [-0.2, 0) is 6.18 Å². The molecular weight excluding hydrogens is 213 g/mol. The van der Waals surface area contributed by atoms with Crippen LogP contribution in [0.15, 0.2) is 23.1 Å². The maximum absolute atomic E-state index is 12.4. The first-order chi connectivity index (χ1) is 6.49. The van der Waals surface area contributed by atoms with Crippen LogP contribution >= 0.6 is 11.8 Å². The summed E-state index contributed by atoms with van der Waals surface area (Å²) in [5, 5.41) is 0. The molecule has 1 aromatic carbocycles. The molecule has 0 aliphatic rings. The van der Waals surface area contributed by atoms with Gasteiger partial charge in [-0.25, -0.2) is 0 Å². The van der Waals surface area contributed by atoms with Gasteiger partial charge in [-0.3, -0.25) is 0 Å². The van der Waals surface area contributed by atoms with E-state index in [0.29, 0.717) is 0 Å². The molecule has 1 aromatic rings. The molecule has 0 aromatic heterocycles. The highest BCUT2D eigenvalue weighted by Crippen LogP contribution is 2.37. The van der Waals surface area contributed by atoms with E-state index in [4.69, 9.17) is 0 Å². The third-order valence-corrected chi connectivity index (χ3v) is 2.44. The highest BCUT2D eigenvalue weighted by molar-refractivity contribution is 7.98. The maximum Gasteiger partial charge on any atom is 0.419 e. The average molecular weight is 222 g/mol. The van der Waals surface area contributed by atoms with Crippen molar-refractivity contribution in [3.8, 4) is 5.75 Å². The van der Waals surface area contributed by atoms with Crippen molar-refractivity contribution in [3.63, 3.8) is 0 Å². The molecule has 0 spiro atoms. The van der Waals surface area contributed by atoms with Gasteiger partial charge in [-0.1, -0.05) is 0 Å². The smallest absolute Gasteiger partial charge is 0.419 e. The number of benzene rings is 1. The molecule has 78 valence electrons. The Hall–Kier alpha value is -0.840. The maximum atomic E-state index is 12.4. The fraction of sp³-hybridized carbons (Fsp3) is 0.333. The molecule has 0 amide bonds. The number of ether oxygens (including phenoxy) is 1. The number of alkyl halides is 3. The van der Waals surface area contributed by atoms with Gasteiger partial charge in [-0.2, -0.15) is 13.2 Å². The van der Waals surface area contributed by atoms with Crippen LogP contribution < -0.4 is 4.74 Å². The second kappa shape index (κ2) is 4.13. The predicted octanol–water partition coefficient (Wildman–Crippen LogP) is 3.44. The summed E-state index contributed by atoms with van der Waals surface area (Å²) in [5.74, 6) is -0.135. The minimum Gasteiger partial charge on any atom is -0.496 e. The summed E-state index contributed by atoms with van der Waals surface area (Å²) in [6.45, 7) is 0. The Morgan fingerprint density at radius 2 is 1.93 bits per heavy atom. The van der Waals surface area contributed by atoms with Gasteiger partial charge in [0.15, 0.2) is 0 Å². The lowest BCUT2D eigenvalue weighted by Crippen LogP contribution is -2.07. The Balaban J connectivity index is 3.18. The zero-order valence-corrected chi connectivity index (χ0v) is 8.50. The summed E-state index contributed by atoms with van der Waals surface area (Å²) in [7, 11) is 1.23. The van der Waals surface area contributed by atoms with Gasteiger partial charge in [-0.05, 0) is 24.5 Å². The number of hydrogen-bond donors (Lipinski definition) is 0. The van der Waals surface area contributed by atoms with E-state index in [-0.39, 0.29) is 5.75 Å². The van der Waals surface area contributed by atoms with Crippen LogP contribution in [0, 0.1) is 0 Å². The van der Waals surface area contributed by atoms with Crippen LogP contribution in [0.3, 0.4) is 0 Å². The van der Waals surface area contributed by atoms with E-state index in [0.717, 1.165) is 11.0 Å². The summed E-state index contributed by atoms with van der Waals surface area (Å²) < 4.78 is 41.8. The molecule has 0 aliphatic heterocycles. The van der Waals surface area contributed by atoms with Gasteiger partial charge in [0.25, 0.3) is 0 Å². The normalized spacial score (nSPS) is 11.5. The average Bonchev–Trinajstić information content (AvgIpc) is 2.15. The van der Waals surface area contributed by atoms with E-state index in [9.17, 15) is 13.2 Å². The van der Waals surface area contributed by atoms with Crippen LogP contribution in [0.4, 0.5) is 13.2 Å². The van der Waals surface area contributed by atoms with Crippen molar-refractivity contribution >= 4 is 11.8 Å². The number of methoxy groups -OCH3 is 1. The molecule has 0 fully saturated rings. The van der Waals surface area contributed by atoms with Crippen molar-refractivity contribution in [2.45, 2.75) is 11.1 Å². The topological polar surface area (TPSA) is 9.23 Å². The Labute approximate surface area is 84.3 Å². The van der Waals surface area contributed by atoms with E-state index < -0.39 is 11.7 Å². The molecule has 0 radical (unpaired) electrons. The van der Waals surface area contributed by atoms with Crippen LogP contribution in [0.1, 0.15) is 5.56 Å². The SMILES string of the molecule is COc1cc(SC)ccc1C(F)(F)F. The highest BCUT2D eigenvalue weighted by Gasteiger charge is 2.34. The van der Waals surface area contributed by atoms with Gasteiger partial charge in [-0.15, -0.1) is 11.8 Å². The molecule has 0 heterocycles. The Kier molecular flexibility index (Phi) is 3.31. The lowest BCUT2D eigenvalue weighted by molar-refractivity contribution is -0.138. The van der Waals surface area contributed by atoms with E-state index in [1.54, 1.807) is 6.26 Å². The number of rotatable bonds is 2. The molecule has 0 atom stereocenters. The molecule has 1 nitrogen and oxygen atoms in total. The van der Waals surface area contributed by atoms with Gasteiger partial charge in [0.2, 0.25) is 0 Å². The zero-order valence-electron chi connectivity index (χ0n) is 7.68. The number of hydrogen-bond acceptors (Lipinski definition) is 2. The Morgan fingerprint density at radius 3 is 2.36 bits per heavy atom. The second-order valence-corrected chi connectivity index (χ2v) is 3.44. The van der Waals surface area contributed by atoms with E-state index in [1.165, 1.54) is 31.0 Å². The van der Waals surface area contributed by atoms with Crippen molar-refractivity contribution in [2.24, 2.45) is 0 Å². The minimum atomic E-state index is -4.36. The highest BCUT2D eigenvalue weighted by atomic mass is 32.2. The third-order valence-electron chi connectivity index (χ3n) is 1.71. The first-order valence-corrected chi connectivity index (χ1v) is 5.00. The van der Waals surface area contributed by atoms with Crippen molar-refractivity contribution < 1.29 is 17.9 Å². The predicted molar refractivity (Wildman–Crippen MR) is 49.8 cm³/mol. The monoisotopic (exact) mass is 222 g/mol. The van der Waals surface area contributed by atoms with E-state index >= 15 is 0 Å². The Bertz CT molecular complexity index is 322. The van der Waals surface area contributed by atoms with Crippen LogP contribution in [-0.4, -0.2) is 13.4 Å². The molecular formula is C9H9F3OS. The quantitative estimate of drug-likeness (QED) is 0.709. The van der Waals surface area contributed by atoms with Gasteiger partial charge in [0, 0.05) is 4.90 Å². The number of thioether (sulfide) groups is 1. The first kappa shape index (κ1) is 11.2. The Morgan fingerprint density at radius 1 is 1.29 bits per heavy atom. The summed E-state index contributed by atoms with van der Waals surface area (Å²) in [6, 6.07) is 3.84. The molecule has 5 heteroatoms. The van der Waals surface area contributed by atoms with Gasteiger partial charge >= 0.3 is 6.18 Å². The molecule has 1 rings (SSSR count). The lowest BCUT2D eigenvalue weighted by Gasteiger charge is -2.12. The zero-order chi connectivity index (χ0) is 10.8. The molecule has 0 saturated carbocycles. The van der Waals surface area contributed by atoms with E-state index in [2.05, 4.69) is 4.74 Å². The summed E-state index contributed by atoms with van der Waals surface area (Å²) in [4.78, 5) is 0.745. The van der Waals surface area contributed by atoms with Crippen molar-refractivity contribution in [1.29, 1.82) is 0 Å². The van der Waals surface area contributed by atoms with Crippen molar-refractivity contribution in [3.05, 3.63) is 23.8 Å². The molecule has 0 bridgehead atoms. The summed E-state index contributed by atoms with van der Waals surface area (Å²) in [6.07, 6.45) is -2.57. The van der Waals surface area contributed by atoms with Gasteiger partial charge < -0.3 is 4.74 Å². The molecule has 14 heavy (non-hydrogen) atoms. The minimum absolute atomic E-state index is 0.135. The summed E-state index contributed by atoms with van der Waals surface area (Å²) >= 11 is 1.37. The molecule has 0 aliphatic carbocycles. The first-order valence-electron chi connectivity index (χ1n) is 3.78. The van der Waals surface area contributed by atoms with Gasteiger partial charge in [0.05, 0.1) is 12.7 Å².